The third-order valence-corrected chi connectivity index (χ3v) is 8.91. The molecule has 0 saturated heterocycles. The summed E-state index contributed by atoms with van der Waals surface area (Å²) in [6, 6.07) is 24.2. The summed E-state index contributed by atoms with van der Waals surface area (Å²) in [7, 11) is 0. The van der Waals surface area contributed by atoms with E-state index in [-0.39, 0.29) is 0 Å². The first-order valence-electron chi connectivity index (χ1n) is 14.4. The molecule has 0 atom stereocenters. The lowest BCUT2D eigenvalue weighted by molar-refractivity contribution is 0.302. The average molecular weight is 589 g/mol. The zero-order valence-corrected chi connectivity index (χ0v) is 26.9. The van der Waals surface area contributed by atoms with Crippen molar-refractivity contribution < 1.29 is 14.9 Å². The highest BCUT2D eigenvalue weighted by Gasteiger charge is 2.06. The molecule has 0 heterocycles. The van der Waals surface area contributed by atoms with Crippen LogP contribution in [0.5, 0.6) is 17.2 Å². The molecule has 0 bridgehead atoms. The van der Waals surface area contributed by atoms with Gasteiger partial charge in [-0.2, -0.15) is 0 Å². The molecule has 3 nitrogen and oxygen atoms in total. The summed E-state index contributed by atoms with van der Waals surface area (Å²) in [5, 5.41) is 18.9. The molecular weight excluding hydrogens is 545 g/mol. The van der Waals surface area contributed by atoms with Gasteiger partial charge in [-0.1, -0.05) is 68.3 Å². The molecule has 218 valence electrons. The fourth-order valence-electron chi connectivity index (χ4n) is 4.12. The van der Waals surface area contributed by atoms with E-state index in [1.54, 1.807) is 35.7 Å². The Bertz CT molecular complexity index is 1360. The van der Waals surface area contributed by atoms with Gasteiger partial charge in [0.2, 0.25) is 0 Å². The van der Waals surface area contributed by atoms with E-state index in [9.17, 15) is 10.2 Å². The van der Waals surface area contributed by atoms with Crippen molar-refractivity contribution in [2.75, 3.05) is 6.61 Å². The van der Waals surface area contributed by atoms with Crippen LogP contribution in [0.25, 0.3) is 0 Å². The molecular formula is C36H44O3S2. The van der Waals surface area contributed by atoms with Crippen LogP contribution < -0.4 is 4.74 Å². The van der Waals surface area contributed by atoms with E-state index in [1.807, 2.05) is 38.1 Å². The van der Waals surface area contributed by atoms with Gasteiger partial charge >= 0.3 is 0 Å². The van der Waals surface area contributed by atoms with Crippen LogP contribution in [-0.4, -0.2) is 16.8 Å². The molecule has 4 aromatic rings. The van der Waals surface area contributed by atoms with Gasteiger partial charge in [-0.25, -0.2) is 0 Å². The number of ether oxygens (including phenoxy) is 1. The Labute approximate surface area is 255 Å². The number of aryl methyl sites for hydroxylation is 5. The van der Waals surface area contributed by atoms with E-state index in [0.717, 1.165) is 39.7 Å². The van der Waals surface area contributed by atoms with Gasteiger partial charge in [0.15, 0.2) is 0 Å². The van der Waals surface area contributed by atoms with Crippen molar-refractivity contribution in [3.63, 3.8) is 0 Å². The lowest BCUT2D eigenvalue weighted by Crippen LogP contribution is -1.99. The highest BCUT2D eigenvalue weighted by molar-refractivity contribution is 7.99. The van der Waals surface area contributed by atoms with Crippen molar-refractivity contribution in [2.45, 2.75) is 93.2 Å². The molecule has 0 aromatic heterocycles. The molecule has 0 radical (unpaired) electrons. The second-order valence-electron chi connectivity index (χ2n) is 10.5. The highest BCUT2D eigenvalue weighted by Crippen LogP contribution is 2.34. The molecule has 41 heavy (non-hydrogen) atoms. The van der Waals surface area contributed by atoms with E-state index >= 15 is 0 Å². The van der Waals surface area contributed by atoms with Crippen LogP contribution in [0.3, 0.4) is 0 Å². The number of phenolic OH excluding ortho intramolecular Hbond substituents is 2. The molecule has 4 rings (SSSR count). The summed E-state index contributed by atoms with van der Waals surface area (Å²) >= 11 is 3.41. The minimum Gasteiger partial charge on any atom is -0.508 e. The topological polar surface area (TPSA) is 49.7 Å². The van der Waals surface area contributed by atoms with Crippen molar-refractivity contribution >= 4 is 23.5 Å². The molecule has 0 unspecified atom stereocenters. The lowest BCUT2D eigenvalue weighted by atomic mass is 10.1. The second-order valence-corrected chi connectivity index (χ2v) is 12.8. The van der Waals surface area contributed by atoms with Crippen LogP contribution in [0.4, 0.5) is 0 Å². The SMILES string of the molecule is CCCCCCCOc1cc(Sc2ccc(C)c(C)c2)ccc1C.Cc1cc(Sc2ccc(O)c(C)c2)ccc1O. The summed E-state index contributed by atoms with van der Waals surface area (Å²) in [6.45, 7) is 13.3. The van der Waals surface area contributed by atoms with E-state index in [4.69, 9.17) is 4.74 Å². The number of hydrogen-bond acceptors (Lipinski definition) is 5. The lowest BCUT2D eigenvalue weighted by Gasteiger charge is -2.11. The van der Waals surface area contributed by atoms with E-state index < -0.39 is 0 Å². The number of unbranched alkanes of at least 4 members (excludes halogenated alkanes) is 4. The summed E-state index contributed by atoms with van der Waals surface area (Å²) in [5.74, 6) is 1.66. The Morgan fingerprint density at radius 1 is 0.512 bits per heavy atom. The molecule has 0 saturated carbocycles. The first kappa shape index (κ1) is 32.5. The van der Waals surface area contributed by atoms with Gasteiger partial charge in [-0.15, -0.1) is 0 Å². The van der Waals surface area contributed by atoms with Gasteiger partial charge in [-0.05, 0) is 130 Å². The zero-order valence-electron chi connectivity index (χ0n) is 25.3. The number of hydrogen-bond donors (Lipinski definition) is 2. The summed E-state index contributed by atoms with van der Waals surface area (Å²) in [5.41, 5.74) is 5.63. The minimum absolute atomic E-state index is 0.316. The van der Waals surface area contributed by atoms with Gasteiger partial charge in [0.25, 0.3) is 0 Å². The van der Waals surface area contributed by atoms with Crippen molar-refractivity contribution in [2.24, 2.45) is 0 Å². The van der Waals surface area contributed by atoms with E-state index in [2.05, 4.69) is 64.1 Å². The Hall–Kier alpha value is -3.02. The molecule has 0 amide bonds. The van der Waals surface area contributed by atoms with Crippen molar-refractivity contribution in [3.05, 3.63) is 101 Å². The van der Waals surface area contributed by atoms with Crippen LogP contribution in [0.1, 0.15) is 66.8 Å². The number of rotatable bonds is 11. The molecule has 2 N–H and O–H groups in total. The maximum atomic E-state index is 9.45. The van der Waals surface area contributed by atoms with Gasteiger partial charge in [-0.3, -0.25) is 0 Å². The van der Waals surface area contributed by atoms with Gasteiger partial charge < -0.3 is 14.9 Å². The third-order valence-electron chi connectivity index (χ3n) is 6.95. The quantitative estimate of drug-likeness (QED) is 0.171. The van der Waals surface area contributed by atoms with E-state index in [0.29, 0.717) is 11.5 Å². The van der Waals surface area contributed by atoms with Gasteiger partial charge in [0.1, 0.15) is 17.2 Å². The average Bonchev–Trinajstić information content (AvgIpc) is 2.94. The summed E-state index contributed by atoms with van der Waals surface area (Å²) in [6.07, 6.45) is 6.36. The Morgan fingerprint density at radius 3 is 1.49 bits per heavy atom. The largest absolute Gasteiger partial charge is 0.508 e. The van der Waals surface area contributed by atoms with Crippen molar-refractivity contribution in [1.82, 2.24) is 0 Å². The fourth-order valence-corrected chi connectivity index (χ4v) is 6.08. The predicted octanol–water partition coefficient (Wildman–Crippen LogP) is 11.0. The first-order valence-corrected chi connectivity index (χ1v) is 16.0. The molecule has 0 fully saturated rings. The number of phenols is 2. The van der Waals surface area contributed by atoms with Gasteiger partial charge in [0, 0.05) is 19.6 Å². The van der Waals surface area contributed by atoms with Crippen LogP contribution in [0.2, 0.25) is 0 Å². The predicted molar refractivity (Wildman–Crippen MR) is 175 cm³/mol. The van der Waals surface area contributed by atoms with Crippen LogP contribution in [-0.2, 0) is 0 Å². The molecule has 0 aliphatic heterocycles. The van der Waals surface area contributed by atoms with Crippen molar-refractivity contribution in [3.8, 4) is 17.2 Å². The van der Waals surface area contributed by atoms with Crippen LogP contribution in [0, 0.1) is 34.6 Å². The van der Waals surface area contributed by atoms with E-state index in [1.165, 1.54) is 52.2 Å². The third kappa shape index (κ3) is 10.7. The van der Waals surface area contributed by atoms with Crippen LogP contribution >= 0.6 is 23.5 Å². The van der Waals surface area contributed by atoms with Gasteiger partial charge in [0.05, 0.1) is 6.61 Å². The van der Waals surface area contributed by atoms with Crippen molar-refractivity contribution in [1.29, 1.82) is 0 Å². The van der Waals surface area contributed by atoms with Crippen LogP contribution in [0.15, 0.2) is 92.4 Å². The molecule has 5 heteroatoms. The normalized spacial score (nSPS) is 10.7. The molecule has 4 aromatic carbocycles. The smallest absolute Gasteiger partial charge is 0.123 e. The molecule has 0 aliphatic rings. The minimum atomic E-state index is 0.316. The maximum absolute atomic E-state index is 9.45. The number of aromatic hydroxyl groups is 2. The monoisotopic (exact) mass is 588 g/mol. The number of benzene rings is 4. The fraction of sp³-hybridized carbons (Fsp3) is 0.333. The summed E-state index contributed by atoms with van der Waals surface area (Å²) in [4.78, 5) is 4.67. The highest BCUT2D eigenvalue weighted by atomic mass is 32.2. The summed E-state index contributed by atoms with van der Waals surface area (Å²) < 4.78 is 6.02. The maximum Gasteiger partial charge on any atom is 0.123 e. The Balaban J connectivity index is 0.000000239. The molecule has 0 aliphatic carbocycles. The molecule has 0 spiro atoms. The zero-order chi connectivity index (χ0) is 29.8. The second kappa shape index (κ2) is 16.4. The standard InChI is InChI=1S/C22H30OS.C14H14O2S/c1-5-6-7-8-9-14-23-22-16-21(13-11-18(22)3)24-20-12-10-17(2)19(4)15-20;1-9-7-11(3-5-13(9)15)17-12-4-6-14(16)10(2)8-12/h10-13,15-16H,5-9,14H2,1-4H3;3-8,15-16H,1-2H3. The first-order chi connectivity index (χ1) is 19.7. The Kier molecular flexibility index (Phi) is 13.0. The Morgan fingerprint density at radius 2 is 0.976 bits per heavy atom.